The van der Waals surface area contributed by atoms with Crippen molar-refractivity contribution in [3.8, 4) is 11.3 Å². The first-order chi connectivity index (χ1) is 8.75. The molecule has 2 nitrogen and oxygen atoms in total. The van der Waals surface area contributed by atoms with Crippen LogP contribution in [0.5, 0.6) is 0 Å². The monoisotopic (exact) mass is 254 g/mol. The molecule has 3 heteroatoms. The Balaban J connectivity index is 2.22. The maximum atomic E-state index is 6.03. The number of hydrogen-bond donors (Lipinski definition) is 0. The zero-order valence-corrected chi connectivity index (χ0v) is 10.6. The Hall–Kier alpha value is -1.93. The van der Waals surface area contributed by atoms with Crippen LogP contribution in [0.25, 0.3) is 22.0 Å². The zero-order valence-electron chi connectivity index (χ0n) is 9.89. The van der Waals surface area contributed by atoms with E-state index < -0.39 is 0 Å². The lowest BCUT2D eigenvalue weighted by Crippen LogP contribution is -1.91. The average molecular weight is 255 g/mol. The van der Waals surface area contributed by atoms with Crippen molar-refractivity contribution >= 4 is 22.4 Å². The quantitative estimate of drug-likeness (QED) is 0.607. The molecule has 3 aromatic rings. The molecule has 88 valence electrons. The van der Waals surface area contributed by atoms with Gasteiger partial charge in [0.2, 0.25) is 0 Å². The molecule has 0 unspecified atom stereocenters. The topological polar surface area (TPSA) is 25.8 Å². The van der Waals surface area contributed by atoms with Crippen LogP contribution in [0, 0.1) is 6.92 Å². The zero-order chi connectivity index (χ0) is 12.5. The summed E-state index contributed by atoms with van der Waals surface area (Å²) >= 11 is 6.03. The van der Waals surface area contributed by atoms with Crippen molar-refractivity contribution in [3.63, 3.8) is 0 Å². The lowest BCUT2D eigenvalue weighted by atomic mass is 10.0. The van der Waals surface area contributed by atoms with Gasteiger partial charge in [0.25, 0.3) is 0 Å². The normalized spacial score (nSPS) is 10.8. The maximum Gasteiger partial charge on any atom is 0.135 e. The Morgan fingerprint density at radius 3 is 2.56 bits per heavy atom. The molecular weight excluding hydrogens is 244 g/mol. The molecule has 0 aliphatic rings. The molecule has 0 radical (unpaired) electrons. The van der Waals surface area contributed by atoms with E-state index in [1.807, 2.05) is 19.1 Å². The third-order valence-corrected chi connectivity index (χ3v) is 3.43. The van der Waals surface area contributed by atoms with Gasteiger partial charge in [-0.05, 0) is 23.8 Å². The fraction of sp³-hybridized carbons (Fsp3) is 0.0667. The highest BCUT2D eigenvalue weighted by Crippen LogP contribution is 2.27. The largest absolute Gasteiger partial charge is 0.236 e. The van der Waals surface area contributed by atoms with E-state index in [0.717, 1.165) is 16.8 Å². The number of hydrogen-bond acceptors (Lipinski definition) is 2. The Morgan fingerprint density at radius 2 is 1.72 bits per heavy atom. The van der Waals surface area contributed by atoms with Crippen molar-refractivity contribution in [2.75, 3.05) is 0 Å². The summed E-state index contributed by atoms with van der Waals surface area (Å²) in [6.45, 7) is 1.94. The Kier molecular flexibility index (Phi) is 2.73. The number of fused-ring (bicyclic) bond motifs is 1. The van der Waals surface area contributed by atoms with Crippen LogP contribution in [-0.2, 0) is 0 Å². The van der Waals surface area contributed by atoms with Crippen molar-refractivity contribution in [2.45, 2.75) is 6.92 Å². The lowest BCUT2D eigenvalue weighted by Gasteiger charge is -2.07. The van der Waals surface area contributed by atoms with E-state index in [9.17, 15) is 0 Å². The summed E-state index contributed by atoms with van der Waals surface area (Å²) in [5.74, 6) is 0. The molecule has 2 aromatic carbocycles. The third-order valence-electron chi connectivity index (χ3n) is 3.05. The summed E-state index contributed by atoms with van der Waals surface area (Å²) in [5.41, 5.74) is 2.87. The molecule has 0 saturated carbocycles. The molecule has 0 aliphatic heterocycles. The van der Waals surface area contributed by atoms with Gasteiger partial charge in [0.05, 0.1) is 5.69 Å². The van der Waals surface area contributed by atoms with Crippen LogP contribution in [0.2, 0.25) is 5.15 Å². The van der Waals surface area contributed by atoms with Gasteiger partial charge in [-0.25, -0.2) is 9.97 Å². The maximum absolute atomic E-state index is 6.03. The van der Waals surface area contributed by atoms with Gasteiger partial charge < -0.3 is 0 Å². The first kappa shape index (κ1) is 11.2. The van der Waals surface area contributed by atoms with E-state index in [2.05, 4.69) is 40.3 Å². The van der Waals surface area contributed by atoms with Gasteiger partial charge >= 0.3 is 0 Å². The fourth-order valence-corrected chi connectivity index (χ4v) is 2.19. The van der Waals surface area contributed by atoms with Gasteiger partial charge in [-0.15, -0.1) is 0 Å². The van der Waals surface area contributed by atoms with Crippen LogP contribution in [0.4, 0.5) is 0 Å². The Labute approximate surface area is 110 Å². The average Bonchev–Trinajstić information content (AvgIpc) is 2.41. The van der Waals surface area contributed by atoms with E-state index in [-0.39, 0.29) is 0 Å². The number of rotatable bonds is 1. The second-order valence-corrected chi connectivity index (χ2v) is 4.56. The Morgan fingerprint density at radius 1 is 0.944 bits per heavy atom. The van der Waals surface area contributed by atoms with Crippen LogP contribution < -0.4 is 0 Å². The molecule has 0 atom stereocenters. The minimum absolute atomic E-state index is 0.508. The van der Waals surface area contributed by atoms with Crippen molar-refractivity contribution in [1.82, 2.24) is 9.97 Å². The SMILES string of the molecule is Cc1c(Cl)ncnc1-c1ccc2ccccc2c1. The summed E-state index contributed by atoms with van der Waals surface area (Å²) in [6, 6.07) is 14.5. The van der Waals surface area contributed by atoms with Crippen molar-refractivity contribution < 1.29 is 0 Å². The highest BCUT2D eigenvalue weighted by molar-refractivity contribution is 6.30. The molecule has 0 bridgehead atoms. The molecule has 1 aromatic heterocycles. The molecular formula is C15H11ClN2. The van der Waals surface area contributed by atoms with Crippen LogP contribution >= 0.6 is 11.6 Å². The number of nitrogens with zero attached hydrogens (tertiary/aromatic N) is 2. The molecule has 0 fully saturated rings. The fourth-order valence-electron chi connectivity index (χ4n) is 2.06. The molecule has 0 N–H and O–H groups in total. The highest BCUT2D eigenvalue weighted by Gasteiger charge is 2.07. The van der Waals surface area contributed by atoms with E-state index in [4.69, 9.17) is 11.6 Å². The molecule has 3 rings (SSSR count). The molecule has 0 saturated heterocycles. The van der Waals surface area contributed by atoms with Gasteiger partial charge in [0.15, 0.2) is 0 Å². The van der Waals surface area contributed by atoms with Crippen LogP contribution in [-0.4, -0.2) is 9.97 Å². The van der Waals surface area contributed by atoms with Crippen LogP contribution in [0.15, 0.2) is 48.8 Å². The third kappa shape index (κ3) is 1.85. The molecule has 0 spiro atoms. The smallest absolute Gasteiger partial charge is 0.135 e. The van der Waals surface area contributed by atoms with Crippen LogP contribution in [0.3, 0.4) is 0 Å². The summed E-state index contributed by atoms with van der Waals surface area (Å²) in [4.78, 5) is 8.30. The number of benzene rings is 2. The summed E-state index contributed by atoms with van der Waals surface area (Å²) in [7, 11) is 0. The second-order valence-electron chi connectivity index (χ2n) is 4.20. The summed E-state index contributed by atoms with van der Waals surface area (Å²) in [5, 5.41) is 2.93. The van der Waals surface area contributed by atoms with E-state index >= 15 is 0 Å². The summed E-state index contributed by atoms with van der Waals surface area (Å²) < 4.78 is 0. The van der Waals surface area contributed by atoms with Crippen LogP contribution in [0.1, 0.15) is 5.56 Å². The lowest BCUT2D eigenvalue weighted by molar-refractivity contribution is 1.14. The predicted molar refractivity (Wildman–Crippen MR) is 74.7 cm³/mol. The molecule has 0 amide bonds. The second kappa shape index (κ2) is 4.39. The van der Waals surface area contributed by atoms with Gasteiger partial charge in [-0.1, -0.05) is 48.0 Å². The molecule has 1 heterocycles. The minimum atomic E-state index is 0.508. The van der Waals surface area contributed by atoms with Gasteiger partial charge in [0.1, 0.15) is 11.5 Å². The van der Waals surface area contributed by atoms with Crippen molar-refractivity contribution in [1.29, 1.82) is 0 Å². The first-order valence-corrected chi connectivity index (χ1v) is 6.10. The number of halogens is 1. The summed E-state index contributed by atoms with van der Waals surface area (Å²) in [6.07, 6.45) is 1.50. The van der Waals surface area contributed by atoms with Crippen molar-refractivity contribution in [3.05, 3.63) is 59.5 Å². The molecule has 0 aliphatic carbocycles. The van der Waals surface area contributed by atoms with E-state index in [1.165, 1.54) is 17.1 Å². The van der Waals surface area contributed by atoms with E-state index in [1.54, 1.807) is 0 Å². The van der Waals surface area contributed by atoms with Gasteiger partial charge in [-0.3, -0.25) is 0 Å². The highest BCUT2D eigenvalue weighted by atomic mass is 35.5. The van der Waals surface area contributed by atoms with E-state index in [0.29, 0.717) is 5.15 Å². The first-order valence-electron chi connectivity index (χ1n) is 5.72. The minimum Gasteiger partial charge on any atom is -0.236 e. The number of aromatic nitrogens is 2. The molecule has 18 heavy (non-hydrogen) atoms. The Bertz CT molecular complexity index is 723. The standard InChI is InChI=1S/C15H11ClN2/c1-10-14(17-9-18-15(10)16)13-7-6-11-4-2-3-5-12(11)8-13/h2-9H,1H3. The van der Waals surface area contributed by atoms with Gasteiger partial charge in [0, 0.05) is 11.1 Å². The van der Waals surface area contributed by atoms with Gasteiger partial charge in [-0.2, -0.15) is 0 Å². The van der Waals surface area contributed by atoms with Crippen molar-refractivity contribution in [2.24, 2.45) is 0 Å². The predicted octanol–water partition coefficient (Wildman–Crippen LogP) is 4.26.